The van der Waals surface area contributed by atoms with Crippen molar-refractivity contribution < 1.29 is 31.7 Å². The molecule has 26 heavy (non-hydrogen) atoms. The Bertz CT molecular complexity index is 881. The number of hydrogen-bond donors (Lipinski definition) is 2. The number of hydrogen-bond acceptors (Lipinski definition) is 2. The Hall–Kier alpha value is -1.29. The van der Waals surface area contributed by atoms with Crippen LogP contribution in [0, 0.1) is 5.92 Å². The number of fused-ring (bicyclic) bond motifs is 2. The molecule has 2 aliphatic carbocycles. The van der Waals surface area contributed by atoms with Gasteiger partial charge in [0.15, 0.2) is 0 Å². The molecule has 0 fully saturated rings. The van der Waals surface area contributed by atoms with Gasteiger partial charge in [-0.2, -0.15) is 0 Å². The minimum atomic E-state index is -2.81. The summed E-state index contributed by atoms with van der Waals surface area (Å²) < 4.78 is 1.21. The van der Waals surface area contributed by atoms with E-state index in [0.717, 1.165) is 6.42 Å². The van der Waals surface area contributed by atoms with Crippen LogP contribution in [0.3, 0.4) is 0 Å². The van der Waals surface area contributed by atoms with Crippen LogP contribution in [0.2, 0.25) is 0 Å². The van der Waals surface area contributed by atoms with Crippen molar-refractivity contribution in [3.05, 3.63) is 79.7 Å². The predicted molar refractivity (Wildman–Crippen MR) is 103 cm³/mol. The van der Waals surface area contributed by atoms with Crippen molar-refractivity contribution in [2.45, 2.75) is 27.8 Å². The van der Waals surface area contributed by atoms with E-state index < -0.39 is 25.3 Å². The van der Waals surface area contributed by atoms with E-state index in [1.807, 2.05) is 0 Å². The fraction of sp³-hybridized carbons (Fsp3) is 0.304. The third kappa shape index (κ3) is 3.11. The van der Waals surface area contributed by atoms with Crippen LogP contribution in [-0.4, -0.2) is 20.7 Å². The summed E-state index contributed by atoms with van der Waals surface area (Å²) in [4.78, 5) is 0. The third-order valence-electron chi connectivity index (χ3n) is 5.61. The van der Waals surface area contributed by atoms with Crippen LogP contribution in [0.4, 0.5) is 0 Å². The molecule has 0 aliphatic heterocycles. The minimum absolute atomic E-state index is 0.125. The standard InChI is InChI=1S/C12H13.C9H7.C2H5O2.Hf/c1-9(2)12-7-10-5-3-4-6-11(10)8-12;1-2-5-9-7-3-6-8(9)4-1;3-1-2-4;/h3-9H,1-2H3;1-2,4-6H,7H2;1,3-4H,2H2;. The Balaban J connectivity index is 1.80. The Kier molecular flexibility index (Phi) is 5.13. The molecule has 0 aromatic heterocycles. The Morgan fingerprint density at radius 2 is 1.69 bits per heavy atom. The van der Waals surface area contributed by atoms with Gasteiger partial charge >= 0.3 is 164 Å². The first-order valence-corrected chi connectivity index (χ1v) is 15.3. The molecule has 2 nitrogen and oxygen atoms in total. The molecule has 133 valence electrons. The molecule has 0 saturated carbocycles. The van der Waals surface area contributed by atoms with Gasteiger partial charge in [-0.25, -0.2) is 0 Å². The second-order valence-electron chi connectivity index (χ2n) is 7.56. The van der Waals surface area contributed by atoms with Crippen LogP contribution in [-0.2, 0) is 27.9 Å². The van der Waals surface area contributed by atoms with Gasteiger partial charge in [0.1, 0.15) is 0 Å². The van der Waals surface area contributed by atoms with Gasteiger partial charge in [0.2, 0.25) is 0 Å². The Morgan fingerprint density at radius 1 is 1.00 bits per heavy atom. The van der Waals surface area contributed by atoms with Crippen molar-refractivity contribution in [2.75, 3.05) is 6.61 Å². The van der Waals surface area contributed by atoms with Gasteiger partial charge in [-0.15, -0.1) is 0 Å². The van der Waals surface area contributed by atoms with Gasteiger partial charge in [-0.05, 0) is 0 Å². The fourth-order valence-electron chi connectivity index (χ4n) is 4.35. The van der Waals surface area contributed by atoms with Crippen LogP contribution in [0.5, 0.6) is 0 Å². The second kappa shape index (κ2) is 7.38. The summed E-state index contributed by atoms with van der Waals surface area (Å²) in [6, 6.07) is 17.1. The van der Waals surface area contributed by atoms with E-state index in [0.29, 0.717) is 9.59 Å². The first kappa shape index (κ1) is 18.1. The second-order valence-corrected chi connectivity index (χ2v) is 17.6. The molecule has 2 aliphatic rings. The van der Waals surface area contributed by atoms with E-state index in [1.165, 1.54) is 31.2 Å². The molecule has 4 rings (SSSR count). The van der Waals surface area contributed by atoms with Crippen molar-refractivity contribution >= 4 is 12.2 Å². The first-order valence-electron chi connectivity index (χ1n) is 9.35. The maximum absolute atomic E-state index is 10.9. The van der Waals surface area contributed by atoms with Crippen molar-refractivity contribution in [3.63, 3.8) is 0 Å². The van der Waals surface area contributed by atoms with Crippen LogP contribution in [0.25, 0.3) is 12.2 Å². The van der Waals surface area contributed by atoms with Gasteiger partial charge in [-0.3, -0.25) is 0 Å². The van der Waals surface area contributed by atoms with Crippen molar-refractivity contribution in [1.29, 1.82) is 0 Å². The summed E-state index contributed by atoms with van der Waals surface area (Å²) in [6.07, 6.45) is 5.59. The Labute approximate surface area is 163 Å². The number of allylic oxidation sites excluding steroid dienone is 2. The molecule has 2 atom stereocenters. The van der Waals surface area contributed by atoms with Gasteiger partial charge < -0.3 is 0 Å². The zero-order chi connectivity index (χ0) is 18.3. The van der Waals surface area contributed by atoms with Crippen molar-refractivity contribution in [1.82, 2.24) is 0 Å². The third-order valence-corrected chi connectivity index (χ3v) is 17.2. The van der Waals surface area contributed by atoms with E-state index in [1.54, 1.807) is 0 Å². The summed E-state index contributed by atoms with van der Waals surface area (Å²) in [5, 5.41) is 20.8. The van der Waals surface area contributed by atoms with Gasteiger partial charge in [0.25, 0.3) is 0 Å². The number of aliphatic hydroxyl groups is 2. The number of benzene rings is 2. The van der Waals surface area contributed by atoms with E-state index in [9.17, 15) is 10.2 Å². The number of aliphatic hydroxyl groups excluding tert-OH is 2. The van der Waals surface area contributed by atoms with E-state index in [4.69, 9.17) is 0 Å². The summed E-state index contributed by atoms with van der Waals surface area (Å²) in [7, 11) is 0. The molecule has 2 unspecified atom stereocenters. The molecular weight excluding hydrogens is 487 g/mol. The molecule has 3 heteroatoms. The molecule has 2 N–H and O–H groups in total. The normalized spacial score (nSPS) is 19.0. The van der Waals surface area contributed by atoms with Crippen LogP contribution >= 0.6 is 0 Å². The first-order chi connectivity index (χ1) is 12.6. The molecule has 0 radical (unpaired) electrons. The molecule has 0 bridgehead atoms. The zero-order valence-electron chi connectivity index (χ0n) is 15.3. The summed E-state index contributed by atoms with van der Waals surface area (Å²) in [5.41, 5.74) is 6.75. The summed E-state index contributed by atoms with van der Waals surface area (Å²) in [6.45, 7) is 4.37. The molecule has 0 spiro atoms. The summed E-state index contributed by atoms with van der Waals surface area (Å²) >= 11 is -2.81. The van der Waals surface area contributed by atoms with E-state index in [2.05, 4.69) is 74.5 Å². The van der Waals surface area contributed by atoms with Crippen LogP contribution in [0.15, 0.2) is 57.4 Å². The van der Waals surface area contributed by atoms with Crippen LogP contribution < -0.4 is 0 Å². The monoisotopic (exact) mass is 513 g/mol. The topological polar surface area (TPSA) is 40.5 Å². The summed E-state index contributed by atoms with van der Waals surface area (Å²) in [5.74, 6) is 0.447. The maximum atomic E-state index is 10.9. The number of rotatable bonds is 5. The molecule has 0 saturated heterocycles. The molecule has 0 amide bonds. The van der Waals surface area contributed by atoms with Crippen molar-refractivity contribution in [3.8, 4) is 0 Å². The fourth-order valence-corrected chi connectivity index (χ4v) is 16.8. The van der Waals surface area contributed by atoms with E-state index >= 15 is 0 Å². The average Bonchev–Trinajstić information content (AvgIpc) is 3.24. The molecular formula is C23H25HfO2. The zero-order valence-corrected chi connectivity index (χ0v) is 18.9. The van der Waals surface area contributed by atoms with Crippen LogP contribution in [0.1, 0.15) is 39.8 Å². The SMILES string of the molecule is CC(C)C1=Cc2ccccc2[CH]1[Hf]([C]1=Cc2ccccc2C1)[CH](O)CO. The van der Waals surface area contributed by atoms with Gasteiger partial charge in [0, 0.05) is 0 Å². The molecule has 0 heterocycles. The van der Waals surface area contributed by atoms with Gasteiger partial charge in [-0.1, -0.05) is 0 Å². The molecule has 2 aromatic rings. The quantitative estimate of drug-likeness (QED) is 0.588. The van der Waals surface area contributed by atoms with Crippen molar-refractivity contribution in [2.24, 2.45) is 5.92 Å². The Morgan fingerprint density at radius 3 is 2.38 bits per heavy atom. The van der Waals surface area contributed by atoms with Gasteiger partial charge in [0.05, 0.1) is 0 Å². The molecule has 2 aromatic carbocycles. The predicted octanol–water partition coefficient (Wildman–Crippen LogP) is 4.31. The van der Waals surface area contributed by atoms with E-state index in [-0.39, 0.29) is 6.61 Å². The average molecular weight is 512 g/mol.